The van der Waals surface area contributed by atoms with Crippen molar-refractivity contribution in [3.8, 4) is 0 Å². The van der Waals surface area contributed by atoms with Crippen molar-refractivity contribution in [1.29, 1.82) is 0 Å². The Bertz CT molecular complexity index is 453. The highest BCUT2D eigenvalue weighted by atomic mass is 127. The van der Waals surface area contributed by atoms with Crippen molar-refractivity contribution in [1.82, 2.24) is 15.2 Å². The highest BCUT2D eigenvalue weighted by molar-refractivity contribution is 14.0. The third-order valence-electron chi connectivity index (χ3n) is 3.73. The summed E-state index contributed by atoms with van der Waals surface area (Å²) < 4.78 is 5.15. The van der Waals surface area contributed by atoms with Crippen LogP contribution in [0, 0.1) is 0 Å². The summed E-state index contributed by atoms with van der Waals surface area (Å²) in [7, 11) is 1.74. The largest absolute Gasteiger partial charge is 0.383 e. The minimum Gasteiger partial charge on any atom is -0.383 e. The van der Waals surface area contributed by atoms with Crippen molar-refractivity contribution in [3.63, 3.8) is 0 Å². The molecule has 0 radical (unpaired) electrons. The number of hydrogen-bond donors (Lipinski definition) is 2. The number of nitrogens with one attached hydrogen (secondary N) is 1. The minimum absolute atomic E-state index is 0. The molecule has 0 unspecified atom stereocenters. The maximum Gasteiger partial charge on any atom is 0.188 e. The standard InChI is InChI=1S/C16H27N5O.HI/c1-22-13-12-21(15-5-6-15)11-10-20-16(17)19-9-7-14-4-2-3-8-18-14;/h2-4,8,15H,5-7,9-13H2,1H3,(H3,17,19,20);1H. The van der Waals surface area contributed by atoms with Crippen LogP contribution in [0.25, 0.3) is 0 Å². The van der Waals surface area contributed by atoms with Crippen LogP contribution in [0.1, 0.15) is 18.5 Å². The van der Waals surface area contributed by atoms with Crippen LogP contribution in [0.2, 0.25) is 0 Å². The molecular formula is C16H28IN5O. The molecule has 130 valence electrons. The third kappa shape index (κ3) is 8.47. The van der Waals surface area contributed by atoms with Gasteiger partial charge in [0.1, 0.15) is 0 Å². The number of nitrogens with zero attached hydrogens (tertiary/aromatic N) is 3. The van der Waals surface area contributed by atoms with E-state index in [2.05, 4.69) is 20.2 Å². The number of hydrogen-bond acceptors (Lipinski definition) is 4. The molecule has 1 saturated carbocycles. The quantitative estimate of drug-likeness (QED) is 0.330. The van der Waals surface area contributed by atoms with Gasteiger partial charge in [0.25, 0.3) is 0 Å². The highest BCUT2D eigenvalue weighted by Gasteiger charge is 2.27. The van der Waals surface area contributed by atoms with Crippen LogP contribution >= 0.6 is 24.0 Å². The second-order valence-electron chi connectivity index (χ2n) is 5.52. The number of aromatic nitrogens is 1. The Morgan fingerprint density at radius 1 is 1.43 bits per heavy atom. The van der Waals surface area contributed by atoms with Crippen LogP contribution < -0.4 is 11.1 Å². The summed E-state index contributed by atoms with van der Waals surface area (Å²) in [5.41, 5.74) is 6.95. The smallest absolute Gasteiger partial charge is 0.188 e. The Balaban J connectivity index is 0.00000264. The zero-order valence-corrected chi connectivity index (χ0v) is 16.1. The molecule has 1 heterocycles. The first-order valence-corrected chi connectivity index (χ1v) is 7.96. The molecule has 1 fully saturated rings. The van der Waals surface area contributed by atoms with Crippen molar-refractivity contribution in [2.24, 2.45) is 10.7 Å². The van der Waals surface area contributed by atoms with Crippen LogP contribution in [0.5, 0.6) is 0 Å². The lowest BCUT2D eigenvalue weighted by Gasteiger charge is -2.20. The van der Waals surface area contributed by atoms with E-state index in [9.17, 15) is 0 Å². The van der Waals surface area contributed by atoms with Gasteiger partial charge in [-0.15, -0.1) is 24.0 Å². The Labute approximate surface area is 155 Å². The molecule has 1 aromatic rings. The van der Waals surface area contributed by atoms with E-state index >= 15 is 0 Å². The molecule has 0 saturated heterocycles. The predicted molar refractivity (Wildman–Crippen MR) is 104 cm³/mol. The monoisotopic (exact) mass is 433 g/mol. The van der Waals surface area contributed by atoms with Crippen molar-refractivity contribution < 1.29 is 4.74 Å². The van der Waals surface area contributed by atoms with Crippen molar-refractivity contribution in [3.05, 3.63) is 30.1 Å². The predicted octanol–water partition coefficient (Wildman–Crippen LogP) is 1.26. The second kappa shape index (κ2) is 11.6. The summed E-state index contributed by atoms with van der Waals surface area (Å²) in [6, 6.07) is 6.65. The van der Waals surface area contributed by atoms with Gasteiger partial charge in [0.2, 0.25) is 0 Å². The highest BCUT2D eigenvalue weighted by Crippen LogP contribution is 2.26. The molecule has 23 heavy (non-hydrogen) atoms. The number of ether oxygens (including phenoxy) is 1. The zero-order chi connectivity index (χ0) is 15.6. The van der Waals surface area contributed by atoms with Crippen LogP contribution in [0.15, 0.2) is 29.4 Å². The molecule has 0 amide bonds. The van der Waals surface area contributed by atoms with Gasteiger partial charge in [0.15, 0.2) is 5.96 Å². The number of pyridine rings is 1. The molecule has 0 aromatic carbocycles. The lowest BCUT2D eigenvalue weighted by Crippen LogP contribution is -2.35. The molecule has 1 aliphatic carbocycles. The van der Waals surface area contributed by atoms with Gasteiger partial charge in [0, 0.05) is 51.1 Å². The van der Waals surface area contributed by atoms with E-state index in [1.807, 2.05) is 18.2 Å². The maximum atomic E-state index is 5.89. The molecule has 2 rings (SSSR count). The summed E-state index contributed by atoms with van der Waals surface area (Å²) >= 11 is 0. The fourth-order valence-electron chi connectivity index (χ4n) is 2.34. The number of aliphatic imine (C=N–C) groups is 1. The molecule has 0 atom stereocenters. The molecule has 3 N–H and O–H groups in total. The maximum absolute atomic E-state index is 5.89. The average Bonchev–Trinajstić information content (AvgIpc) is 3.36. The number of halogens is 1. The van der Waals surface area contributed by atoms with E-state index in [1.165, 1.54) is 12.8 Å². The summed E-state index contributed by atoms with van der Waals surface area (Å²) in [4.78, 5) is 11.1. The second-order valence-corrected chi connectivity index (χ2v) is 5.52. The first-order chi connectivity index (χ1) is 10.8. The lowest BCUT2D eigenvalue weighted by molar-refractivity contribution is 0.145. The van der Waals surface area contributed by atoms with Gasteiger partial charge < -0.3 is 15.8 Å². The van der Waals surface area contributed by atoms with Crippen molar-refractivity contribution in [2.75, 3.05) is 39.9 Å². The first-order valence-electron chi connectivity index (χ1n) is 7.96. The topological polar surface area (TPSA) is 75.8 Å². The summed E-state index contributed by atoms with van der Waals surface area (Å²) in [5.74, 6) is 0.512. The van der Waals surface area contributed by atoms with E-state index in [1.54, 1.807) is 13.3 Å². The van der Waals surface area contributed by atoms with E-state index in [0.717, 1.165) is 50.9 Å². The van der Waals surface area contributed by atoms with Crippen LogP contribution in [0.4, 0.5) is 0 Å². The SMILES string of the molecule is COCCN(CCN=C(N)NCCc1ccccn1)C1CC1.I. The lowest BCUT2D eigenvalue weighted by atomic mass is 10.3. The van der Waals surface area contributed by atoms with Crippen molar-refractivity contribution in [2.45, 2.75) is 25.3 Å². The van der Waals surface area contributed by atoms with E-state index < -0.39 is 0 Å². The molecule has 0 bridgehead atoms. The summed E-state index contributed by atoms with van der Waals surface area (Å²) in [6.07, 6.45) is 5.24. The number of methoxy groups -OCH3 is 1. The number of guanidine groups is 1. The minimum atomic E-state index is 0. The van der Waals surface area contributed by atoms with Gasteiger partial charge in [-0.05, 0) is 25.0 Å². The van der Waals surface area contributed by atoms with Gasteiger partial charge in [-0.25, -0.2) is 0 Å². The van der Waals surface area contributed by atoms with E-state index in [-0.39, 0.29) is 24.0 Å². The van der Waals surface area contributed by atoms with Crippen LogP contribution in [-0.2, 0) is 11.2 Å². The van der Waals surface area contributed by atoms with Crippen LogP contribution in [-0.4, -0.2) is 61.8 Å². The number of nitrogens with two attached hydrogens (primary N) is 1. The molecule has 0 spiro atoms. The van der Waals surface area contributed by atoms with Gasteiger partial charge in [-0.1, -0.05) is 6.07 Å². The molecule has 1 aromatic heterocycles. The normalized spacial score (nSPS) is 14.6. The average molecular weight is 433 g/mol. The summed E-state index contributed by atoms with van der Waals surface area (Å²) in [5, 5.41) is 3.14. The van der Waals surface area contributed by atoms with Gasteiger partial charge in [0.05, 0.1) is 13.2 Å². The molecule has 0 aliphatic heterocycles. The summed E-state index contributed by atoms with van der Waals surface area (Å²) in [6.45, 7) is 4.17. The Kier molecular flexibility index (Phi) is 10.1. The van der Waals surface area contributed by atoms with E-state index in [4.69, 9.17) is 10.5 Å². The Morgan fingerprint density at radius 2 is 2.26 bits per heavy atom. The zero-order valence-electron chi connectivity index (χ0n) is 13.8. The van der Waals surface area contributed by atoms with Gasteiger partial charge in [-0.3, -0.25) is 14.9 Å². The van der Waals surface area contributed by atoms with Crippen LogP contribution in [0.3, 0.4) is 0 Å². The van der Waals surface area contributed by atoms with E-state index in [0.29, 0.717) is 5.96 Å². The van der Waals surface area contributed by atoms with Gasteiger partial charge in [-0.2, -0.15) is 0 Å². The Hall–Kier alpha value is -0.930. The van der Waals surface area contributed by atoms with Gasteiger partial charge >= 0.3 is 0 Å². The van der Waals surface area contributed by atoms with Crippen molar-refractivity contribution >= 4 is 29.9 Å². The molecule has 7 heteroatoms. The first kappa shape index (κ1) is 20.1. The fraction of sp³-hybridized carbons (Fsp3) is 0.625. The molecule has 1 aliphatic rings. The Morgan fingerprint density at radius 3 is 2.91 bits per heavy atom. The molecule has 6 nitrogen and oxygen atoms in total. The number of rotatable bonds is 10. The fourth-order valence-corrected chi connectivity index (χ4v) is 2.34. The molecular weight excluding hydrogens is 405 g/mol. The third-order valence-corrected chi connectivity index (χ3v) is 3.73.